The zero-order valence-electron chi connectivity index (χ0n) is 11.3. The Morgan fingerprint density at radius 2 is 2.33 bits per heavy atom. The van der Waals surface area contributed by atoms with Gasteiger partial charge in [-0.1, -0.05) is 6.92 Å². The molecule has 18 heavy (non-hydrogen) atoms. The minimum absolute atomic E-state index is 0.134. The van der Waals surface area contributed by atoms with Gasteiger partial charge in [-0.3, -0.25) is 4.98 Å². The summed E-state index contributed by atoms with van der Waals surface area (Å²) in [6.45, 7) is 8.34. The van der Waals surface area contributed by atoms with Crippen LogP contribution in [0.15, 0.2) is 12.4 Å². The number of aromatic nitrogens is 2. The van der Waals surface area contributed by atoms with Crippen molar-refractivity contribution in [1.29, 1.82) is 0 Å². The van der Waals surface area contributed by atoms with Crippen LogP contribution in [0.25, 0.3) is 0 Å². The van der Waals surface area contributed by atoms with Crippen LogP contribution in [-0.4, -0.2) is 40.2 Å². The van der Waals surface area contributed by atoms with Crippen molar-refractivity contribution in [3.63, 3.8) is 0 Å². The summed E-state index contributed by atoms with van der Waals surface area (Å²) in [7, 11) is 0. The van der Waals surface area contributed by atoms with Crippen LogP contribution in [0.4, 0.5) is 5.82 Å². The lowest BCUT2D eigenvalue weighted by molar-refractivity contribution is 0.231. The van der Waals surface area contributed by atoms with Gasteiger partial charge in [0.1, 0.15) is 0 Å². The summed E-state index contributed by atoms with van der Waals surface area (Å²) in [5, 5.41) is 0.704. The van der Waals surface area contributed by atoms with Crippen LogP contribution >= 0.6 is 11.8 Å². The van der Waals surface area contributed by atoms with Crippen molar-refractivity contribution < 1.29 is 4.74 Å². The second kappa shape index (κ2) is 6.27. The minimum atomic E-state index is 0.134. The molecule has 0 amide bonds. The van der Waals surface area contributed by atoms with Crippen LogP contribution in [0.2, 0.25) is 0 Å². The minimum Gasteiger partial charge on any atom is -0.474 e. The van der Waals surface area contributed by atoms with Crippen LogP contribution in [0.1, 0.15) is 27.2 Å². The van der Waals surface area contributed by atoms with E-state index in [1.807, 2.05) is 20.0 Å². The summed E-state index contributed by atoms with van der Waals surface area (Å²) in [4.78, 5) is 11.1. The molecule has 4 nitrogen and oxygen atoms in total. The highest BCUT2D eigenvalue weighted by atomic mass is 32.2. The molecule has 1 atom stereocenters. The second-order valence-corrected chi connectivity index (χ2v) is 6.14. The smallest absolute Gasteiger partial charge is 0.234 e. The van der Waals surface area contributed by atoms with E-state index in [9.17, 15) is 0 Å². The molecule has 100 valence electrons. The lowest BCUT2D eigenvalue weighted by Crippen LogP contribution is -2.38. The quantitative estimate of drug-likeness (QED) is 0.838. The average molecular weight is 267 g/mol. The van der Waals surface area contributed by atoms with Gasteiger partial charge in [0.15, 0.2) is 5.82 Å². The first-order chi connectivity index (χ1) is 8.69. The monoisotopic (exact) mass is 267 g/mol. The van der Waals surface area contributed by atoms with Gasteiger partial charge in [-0.2, -0.15) is 16.7 Å². The first-order valence-electron chi connectivity index (χ1n) is 6.54. The third kappa shape index (κ3) is 3.51. The Kier molecular flexibility index (Phi) is 4.69. The second-order valence-electron chi connectivity index (χ2n) is 4.73. The van der Waals surface area contributed by atoms with Gasteiger partial charge in [-0.25, -0.2) is 0 Å². The third-order valence-corrected chi connectivity index (χ3v) is 4.25. The van der Waals surface area contributed by atoms with Crippen LogP contribution in [0.5, 0.6) is 5.88 Å². The lowest BCUT2D eigenvalue weighted by Gasteiger charge is -2.32. The Bertz CT molecular complexity index is 386. The molecule has 1 saturated heterocycles. The van der Waals surface area contributed by atoms with Crippen molar-refractivity contribution >= 4 is 17.6 Å². The van der Waals surface area contributed by atoms with Gasteiger partial charge in [-0.15, -0.1) is 0 Å². The molecule has 1 aromatic rings. The molecule has 5 heteroatoms. The van der Waals surface area contributed by atoms with E-state index >= 15 is 0 Å². The molecule has 1 unspecified atom stereocenters. The maximum Gasteiger partial charge on any atom is 0.234 e. The molecule has 0 aliphatic carbocycles. The van der Waals surface area contributed by atoms with E-state index in [0.29, 0.717) is 11.1 Å². The first-order valence-corrected chi connectivity index (χ1v) is 7.59. The molecule has 0 spiro atoms. The topological polar surface area (TPSA) is 38.2 Å². The molecule has 1 aliphatic heterocycles. The molecule has 1 aromatic heterocycles. The highest BCUT2D eigenvalue weighted by Gasteiger charge is 2.20. The molecule has 0 saturated carbocycles. The van der Waals surface area contributed by atoms with Gasteiger partial charge in [0.2, 0.25) is 5.88 Å². The van der Waals surface area contributed by atoms with E-state index < -0.39 is 0 Å². The fourth-order valence-electron chi connectivity index (χ4n) is 1.96. The fourth-order valence-corrected chi connectivity index (χ4v) is 3.14. The predicted molar refractivity (Wildman–Crippen MR) is 76.5 cm³/mol. The molecule has 0 N–H and O–H groups in total. The number of rotatable bonds is 4. The molecule has 2 heterocycles. The van der Waals surface area contributed by atoms with E-state index in [1.165, 1.54) is 6.42 Å². The highest BCUT2D eigenvalue weighted by Crippen LogP contribution is 2.25. The van der Waals surface area contributed by atoms with Crippen molar-refractivity contribution in [2.24, 2.45) is 0 Å². The summed E-state index contributed by atoms with van der Waals surface area (Å²) in [5.74, 6) is 2.72. The maximum absolute atomic E-state index is 5.59. The standard InChI is InChI=1S/C13H21N3OS/c1-4-11-9-16(5-6-18-11)12-7-14-8-13(15-12)17-10(2)3/h7-8,10-11H,4-6,9H2,1-3H3. The summed E-state index contributed by atoms with van der Waals surface area (Å²) in [6, 6.07) is 0. The lowest BCUT2D eigenvalue weighted by atomic mass is 10.3. The molecule has 1 fully saturated rings. The molecule has 0 radical (unpaired) electrons. The average Bonchev–Trinajstić information content (AvgIpc) is 2.38. The fraction of sp³-hybridized carbons (Fsp3) is 0.692. The Morgan fingerprint density at radius 3 is 3.06 bits per heavy atom. The van der Waals surface area contributed by atoms with Crippen molar-refractivity contribution in [3.05, 3.63) is 12.4 Å². The number of ether oxygens (including phenoxy) is 1. The van der Waals surface area contributed by atoms with E-state index in [2.05, 4.69) is 33.6 Å². The Balaban J connectivity index is 2.07. The first kappa shape index (κ1) is 13.5. The molecule has 2 rings (SSSR count). The van der Waals surface area contributed by atoms with E-state index in [1.54, 1.807) is 6.20 Å². The maximum atomic E-state index is 5.59. The van der Waals surface area contributed by atoms with Gasteiger partial charge in [-0.05, 0) is 20.3 Å². The summed E-state index contributed by atoms with van der Waals surface area (Å²) >= 11 is 2.06. The Labute approximate surface area is 113 Å². The van der Waals surface area contributed by atoms with Crippen LogP contribution in [-0.2, 0) is 0 Å². The number of nitrogens with zero attached hydrogens (tertiary/aromatic N) is 3. The van der Waals surface area contributed by atoms with Crippen molar-refractivity contribution in [1.82, 2.24) is 9.97 Å². The molecular weight excluding hydrogens is 246 g/mol. The zero-order chi connectivity index (χ0) is 13.0. The number of thioether (sulfide) groups is 1. The number of anilines is 1. The van der Waals surface area contributed by atoms with Gasteiger partial charge in [0.05, 0.1) is 18.5 Å². The van der Waals surface area contributed by atoms with Crippen molar-refractivity contribution in [3.8, 4) is 5.88 Å². The zero-order valence-corrected chi connectivity index (χ0v) is 12.1. The number of hydrogen-bond acceptors (Lipinski definition) is 5. The number of hydrogen-bond donors (Lipinski definition) is 0. The van der Waals surface area contributed by atoms with Gasteiger partial charge in [0.25, 0.3) is 0 Å². The summed E-state index contributed by atoms with van der Waals surface area (Å²) in [5.41, 5.74) is 0. The normalized spacial score (nSPS) is 20.2. The third-order valence-electron chi connectivity index (χ3n) is 2.87. The summed E-state index contributed by atoms with van der Waals surface area (Å²) in [6.07, 6.45) is 4.85. The molecule has 1 aliphatic rings. The molecular formula is C13H21N3OS. The summed E-state index contributed by atoms with van der Waals surface area (Å²) < 4.78 is 5.59. The van der Waals surface area contributed by atoms with E-state index in [-0.39, 0.29) is 6.10 Å². The van der Waals surface area contributed by atoms with Crippen LogP contribution in [0, 0.1) is 0 Å². The van der Waals surface area contributed by atoms with Gasteiger partial charge >= 0.3 is 0 Å². The molecule has 0 bridgehead atoms. The van der Waals surface area contributed by atoms with Crippen LogP contribution < -0.4 is 9.64 Å². The van der Waals surface area contributed by atoms with Gasteiger partial charge < -0.3 is 9.64 Å². The largest absolute Gasteiger partial charge is 0.474 e. The van der Waals surface area contributed by atoms with E-state index in [4.69, 9.17) is 4.74 Å². The SMILES string of the molecule is CCC1CN(c2cncc(OC(C)C)n2)CCS1. The Hall–Kier alpha value is -0.970. The highest BCUT2D eigenvalue weighted by molar-refractivity contribution is 8.00. The predicted octanol–water partition coefficient (Wildman–Crippen LogP) is 2.60. The Morgan fingerprint density at radius 1 is 1.50 bits per heavy atom. The van der Waals surface area contributed by atoms with Gasteiger partial charge in [0, 0.05) is 24.1 Å². The molecule has 0 aromatic carbocycles. The van der Waals surface area contributed by atoms with Crippen LogP contribution in [0.3, 0.4) is 0 Å². The van der Waals surface area contributed by atoms with E-state index in [0.717, 1.165) is 24.7 Å². The van der Waals surface area contributed by atoms with Crippen molar-refractivity contribution in [2.45, 2.75) is 38.5 Å². The van der Waals surface area contributed by atoms with Crippen molar-refractivity contribution in [2.75, 3.05) is 23.7 Å².